The first kappa shape index (κ1) is 16.8. The lowest BCUT2D eigenvalue weighted by molar-refractivity contribution is -0.124. The number of hydrogen-bond acceptors (Lipinski definition) is 3. The number of aryl methyl sites for hydroxylation is 1. The Kier molecular flexibility index (Phi) is 5.46. The molecule has 0 aliphatic carbocycles. The molecule has 2 unspecified atom stereocenters. The van der Waals surface area contributed by atoms with Crippen LogP contribution in [0.3, 0.4) is 0 Å². The maximum Gasteiger partial charge on any atom is 0.223 e. The molecule has 1 aromatic carbocycles. The van der Waals surface area contributed by atoms with Crippen molar-refractivity contribution >= 4 is 5.91 Å². The summed E-state index contributed by atoms with van der Waals surface area (Å²) in [5.41, 5.74) is 3.01. The lowest BCUT2D eigenvalue weighted by atomic mass is 9.91. The Morgan fingerprint density at radius 3 is 2.73 bits per heavy atom. The smallest absolute Gasteiger partial charge is 0.223 e. The average molecular weight is 305 g/mol. The van der Waals surface area contributed by atoms with Crippen LogP contribution in [-0.4, -0.2) is 17.6 Å². The molecule has 0 fully saturated rings. The molecule has 1 amide bonds. The fraction of sp³-hybridized carbons (Fsp3) is 0.611. The zero-order chi connectivity index (χ0) is 16.3. The lowest BCUT2D eigenvalue weighted by Crippen LogP contribution is -2.35. The Labute approximate surface area is 132 Å². The summed E-state index contributed by atoms with van der Waals surface area (Å²) in [5, 5.41) is 13.4. The summed E-state index contributed by atoms with van der Waals surface area (Å²) in [5.74, 6) is 0.769. The molecule has 4 heteroatoms. The Morgan fingerprint density at radius 1 is 1.41 bits per heavy atom. The van der Waals surface area contributed by atoms with Gasteiger partial charge >= 0.3 is 0 Å². The predicted molar refractivity (Wildman–Crippen MR) is 86.9 cm³/mol. The largest absolute Gasteiger partial charge is 0.493 e. The quantitative estimate of drug-likeness (QED) is 0.877. The van der Waals surface area contributed by atoms with E-state index in [9.17, 15) is 9.90 Å². The molecule has 2 N–H and O–H groups in total. The van der Waals surface area contributed by atoms with E-state index in [0.717, 1.165) is 35.3 Å². The lowest BCUT2D eigenvalue weighted by Gasteiger charge is -2.30. The van der Waals surface area contributed by atoms with Crippen LogP contribution in [0.2, 0.25) is 0 Å². The van der Waals surface area contributed by atoms with Crippen molar-refractivity contribution in [1.29, 1.82) is 0 Å². The van der Waals surface area contributed by atoms with E-state index in [4.69, 9.17) is 4.74 Å². The number of rotatable bonds is 5. The first-order chi connectivity index (χ1) is 10.5. The van der Waals surface area contributed by atoms with E-state index < -0.39 is 6.10 Å². The van der Waals surface area contributed by atoms with Crippen LogP contribution in [0.1, 0.15) is 69.4 Å². The zero-order valence-electron chi connectivity index (χ0n) is 14.0. The molecule has 0 spiro atoms. The van der Waals surface area contributed by atoms with Crippen molar-refractivity contribution in [2.75, 3.05) is 6.61 Å². The number of hydrogen-bond donors (Lipinski definition) is 2. The molecule has 0 saturated heterocycles. The third-order valence-electron chi connectivity index (χ3n) is 4.23. The molecule has 4 nitrogen and oxygen atoms in total. The number of amides is 1. The van der Waals surface area contributed by atoms with Crippen molar-refractivity contribution in [3.05, 3.63) is 28.8 Å². The van der Waals surface area contributed by atoms with Gasteiger partial charge in [0, 0.05) is 23.5 Å². The minimum absolute atomic E-state index is 0.0343. The van der Waals surface area contributed by atoms with Gasteiger partial charge in [0.1, 0.15) is 5.75 Å². The van der Waals surface area contributed by atoms with Crippen LogP contribution in [0.5, 0.6) is 5.75 Å². The second-order valence-corrected chi connectivity index (χ2v) is 6.23. The van der Waals surface area contributed by atoms with E-state index >= 15 is 0 Å². The number of aliphatic hydroxyl groups excluding tert-OH is 1. The summed E-state index contributed by atoms with van der Waals surface area (Å²) in [4.78, 5) is 12.0. The summed E-state index contributed by atoms with van der Waals surface area (Å²) in [7, 11) is 0. The third-order valence-corrected chi connectivity index (χ3v) is 4.23. The number of carbonyl (C=O) groups excluding carboxylic acids is 1. The van der Waals surface area contributed by atoms with Crippen LogP contribution >= 0.6 is 0 Å². The summed E-state index contributed by atoms with van der Waals surface area (Å²) in [6.45, 7) is 8.39. The summed E-state index contributed by atoms with van der Waals surface area (Å²) in [6.07, 6.45) is 1.77. The van der Waals surface area contributed by atoms with Crippen molar-refractivity contribution in [3.8, 4) is 5.75 Å². The van der Waals surface area contributed by atoms with Crippen LogP contribution in [0.4, 0.5) is 0 Å². The number of benzene rings is 1. The molecule has 1 aromatic rings. The number of carbonyl (C=O) groups is 1. The van der Waals surface area contributed by atoms with E-state index in [0.29, 0.717) is 13.0 Å². The van der Waals surface area contributed by atoms with Gasteiger partial charge in [-0.2, -0.15) is 0 Å². The maximum atomic E-state index is 12.0. The van der Waals surface area contributed by atoms with Gasteiger partial charge in [0.25, 0.3) is 0 Å². The van der Waals surface area contributed by atoms with Gasteiger partial charge in [-0.15, -0.1) is 0 Å². The van der Waals surface area contributed by atoms with Gasteiger partial charge in [-0.05, 0) is 24.5 Å². The van der Waals surface area contributed by atoms with Gasteiger partial charge in [0.05, 0.1) is 18.8 Å². The molecule has 0 radical (unpaired) electrons. The van der Waals surface area contributed by atoms with E-state index in [-0.39, 0.29) is 17.9 Å². The summed E-state index contributed by atoms with van der Waals surface area (Å²) >= 11 is 0. The van der Waals surface area contributed by atoms with Crippen molar-refractivity contribution < 1.29 is 14.6 Å². The predicted octanol–water partition coefficient (Wildman–Crippen LogP) is 3.29. The number of ether oxygens (including phenoxy) is 1. The van der Waals surface area contributed by atoms with Gasteiger partial charge in [0.15, 0.2) is 0 Å². The van der Waals surface area contributed by atoms with E-state index in [1.54, 1.807) is 0 Å². The van der Waals surface area contributed by atoms with Crippen molar-refractivity contribution in [2.24, 2.45) is 5.92 Å². The Bertz CT molecular complexity index is 539. The van der Waals surface area contributed by atoms with Gasteiger partial charge in [-0.25, -0.2) is 0 Å². The Morgan fingerprint density at radius 2 is 2.14 bits per heavy atom. The fourth-order valence-corrected chi connectivity index (χ4v) is 2.76. The number of aliphatic hydroxyl groups is 1. The van der Waals surface area contributed by atoms with E-state index in [2.05, 4.69) is 18.3 Å². The summed E-state index contributed by atoms with van der Waals surface area (Å²) in [6, 6.07) is 4.10. The molecular formula is C18H27NO3. The topological polar surface area (TPSA) is 58.6 Å². The van der Waals surface area contributed by atoms with Gasteiger partial charge < -0.3 is 15.2 Å². The first-order valence-corrected chi connectivity index (χ1v) is 8.25. The van der Waals surface area contributed by atoms with Gasteiger partial charge in [-0.3, -0.25) is 4.79 Å². The average Bonchev–Trinajstić information content (AvgIpc) is 2.53. The monoisotopic (exact) mass is 305 g/mol. The van der Waals surface area contributed by atoms with Crippen LogP contribution < -0.4 is 10.1 Å². The highest BCUT2D eigenvalue weighted by atomic mass is 16.5. The second kappa shape index (κ2) is 7.14. The van der Waals surface area contributed by atoms with Gasteiger partial charge in [-0.1, -0.05) is 33.8 Å². The Balaban J connectivity index is 2.42. The van der Waals surface area contributed by atoms with Crippen molar-refractivity contribution in [1.82, 2.24) is 5.32 Å². The molecule has 0 bridgehead atoms. The highest BCUT2D eigenvalue weighted by Gasteiger charge is 2.28. The van der Waals surface area contributed by atoms with Crippen LogP contribution in [0, 0.1) is 5.92 Å². The molecule has 1 aliphatic heterocycles. The normalized spacial score (nSPS) is 18.5. The van der Waals surface area contributed by atoms with Gasteiger partial charge in [0.2, 0.25) is 5.91 Å². The first-order valence-electron chi connectivity index (χ1n) is 8.25. The molecule has 2 atom stereocenters. The summed E-state index contributed by atoms with van der Waals surface area (Å²) < 4.78 is 5.84. The molecule has 1 aliphatic rings. The minimum atomic E-state index is -0.528. The van der Waals surface area contributed by atoms with Crippen LogP contribution in [0.25, 0.3) is 0 Å². The van der Waals surface area contributed by atoms with E-state index in [1.165, 1.54) is 0 Å². The molecule has 0 saturated carbocycles. The standard InChI is InChI=1S/C18H27NO3/c1-5-12-9-13-15(19-18(21)11(3)4)7-8-22-17(13)14(10-12)16(20)6-2/h9-11,15-16,20H,5-8H2,1-4H3,(H,19,21). The molecular weight excluding hydrogens is 278 g/mol. The third kappa shape index (κ3) is 3.43. The fourth-order valence-electron chi connectivity index (χ4n) is 2.76. The zero-order valence-corrected chi connectivity index (χ0v) is 14.0. The molecule has 1 heterocycles. The number of fused-ring (bicyclic) bond motifs is 1. The minimum Gasteiger partial charge on any atom is -0.493 e. The molecule has 122 valence electrons. The van der Waals surface area contributed by atoms with Crippen LogP contribution in [0.15, 0.2) is 12.1 Å². The Hall–Kier alpha value is -1.55. The molecule has 0 aromatic heterocycles. The van der Waals surface area contributed by atoms with Crippen molar-refractivity contribution in [3.63, 3.8) is 0 Å². The highest BCUT2D eigenvalue weighted by Crippen LogP contribution is 2.39. The van der Waals surface area contributed by atoms with E-state index in [1.807, 2.05) is 26.8 Å². The molecule has 22 heavy (non-hydrogen) atoms. The van der Waals surface area contributed by atoms with Crippen molar-refractivity contribution in [2.45, 2.75) is 59.1 Å². The number of nitrogens with one attached hydrogen (secondary N) is 1. The molecule has 2 rings (SSSR count). The SMILES string of the molecule is CCc1cc(C(O)CC)c2c(c1)C(NC(=O)C(C)C)CCO2. The highest BCUT2D eigenvalue weighted by molar-refractivity contribution is 5.78. The maximum absolute atomic E-state index is 12.0. The van der Waals surface area contributed by atoms with Crippen LogP contribution in [-0.2, 0) is 11.2 Å². The second-order valence-electron chi connectivity index (χ2n) is 6.23.